The quantitative estimate of drug-likeness (QED) is 0.826. The molecule has 2 rings (SSSR count). The molecule has 0 bridgehead atoms. The summed E-state index contributed by atoms with van der Waals surface area (Å²) in [6.07, 6.45) is 1.62. The second-order valence-corrected chi connectivity index (χ2v) is 3.92. The molecule has 0 amide bonds. The van der Waals surface area contributed by atoms with Gasteiger partial charge in [-0.15, -0.1) is 0 Å². The highest BCUT2D eigenvalue weighted by molar-refractivity contribution is 6.31. The second kappa shape index (κ2) is 4.55. The van der Waals surface area contributed by atoms with Crippen LogP contribution in [0.2, 0.25) is 5.15 Å². The van der Waals surface area contributed by atoms with Crippen LogP contribution in [0.5, 0.6) is 5.75 Å². The van der Waals surface area contributed by atoms with Gasteiger partial charge in [-0.3, -0.25) is 0 Å². The molecule has 3 nitrogen and oxygen atoms in total. The maximum absolute atomic E-state index is 9.73. The molecular weight excluding hydrogens is 236 g/mol. The molecule has 0 saturated heterocycles. The number of nitrogens with zero attached hydrogens (tertiary/aromatic N) is 2. The molecule has 1 N–H and O–H groups in total. The Morgan fingerprint density at radius 1 is 1.29 bits per heavy atom. The lowest BCUT2D eigenvalue weighted by Crippen LogP contribution is -1.96. The monoisotopic (exact) mass is 246 g/mol. The summed E-state index contributed by atoms with van der Waals surface area (Å²) in [7, 11) is 0. The molecule has 0 unspecified atom stereocenters. The molecular formula is C13H11ClN2O. The van der Waals surface area contributed by atoms with E-state index in [1.807, 2.05) is 13.0 Å². The third kappa shape index (κ3) is 2.15. The van der Waals surface area contributed by atoms with Crippen LogP contribution in [0, 0.1) is 6.92 Å². The lowest BCUT2D eigenvalue weighted by molar-refractivity contribution is 0.477. The van der Waals surface area contributed by atoms with Crippen molar-refractivity contribution < 1.29 is 5.11 Å². The van der Waals surface area contributed by atoms with Crippen molar-refractivity contribution in [3.05, 3.63) is 47.3 Å². The molecule has 0 aliphatic rings. The summed E-state index contributed by atoms with van der Waals surface area (Å²) < 4.78 is 0. The number of hydrogen-bond acceptors (Lipinski definition) is 3. The van der Waals surface area contributed by atoms with Gasteiger partial charge in [0.25, 0.3) is 0 Å². The first kappa shape index (κ1) is 11.6. The number of rotatable bonds is 2. The average Bonchev–Trinajstić information content (AvgIpc) is 2.29. The van der Waals surface area contributed by atoms with Crippen molar-refractivity contribution in [1.82, 2.24) is 9.97 Å². The third-order valence-corrected chi connectivity index (χ3v) is 2.73. The molecule has 4 heteroatoms. The minimum Gasteiger partial charge on any atom is -0.507 e. The summed E-state index contributed by atoms with van der Waals surface area (Å²) in [6.45, 7) is 5.49. The Morgan fingerprint density at radius 2 is 2.00 bits per heavy atom. The molecule has 0 aliphatic carbocycles. The van der Waals surface area contributed by atoms with Crippen LogP contribution in [0.1, 0.15) is 11.3 Å². The maximum Gasteiger partial charge on any atom is 0.164 e. The van der Waals surface area contributed by atoms with E-state index in [1.165, 1.54) is 0 Å². The molecule has 1 aromatic heterocycles. The minimum atomic E-state index is 0.134. The number of benzene rings is 1. The third-order valence-electron chi connectivity index (χ3n) is 2.44. The van der Waals surface area contributed by atoms with Crippen LogP contribution >= 0.6 is 11.6 Å². The standard InChI is InChI=1S/C13H11ClN2O/c1-3-9-8(2)15-13(16-12(9)14)10-6-4-5-7-11(10)17/h3-7,17H,1H2,2H3. The van der Waals surface area contributed by atoms with Crippen LogP contribution < -0.4 is 0 Å². The number of hydrogen-bond donors (Lipinski definition) is 1. The van der Waals surface area contributed by atoms with Gasteiger partial charge >= 0.3 is 0 Å². The lowest BCUT2D eigenvalue weighted by atomic mass is 10.1. The van der Waals surface area contributed by atoms with Gasteiger partial charge < -0.3 is 5.11 Å². The molecule has 1 heterocycles. The number of aryl methyl sites for hydroxylation is 1. The SMILES string of the molecule is C=Cc1c(C)nc(-c2ccccc2O)nc1Cl. The van der Waals surface area contributed by atoms with Crippen molar-refractivity contribution in [3.63, 3.8) is 0 Å². The van der Waals surface area contributed by atoms with Gasteiger partial charge in [0.2, 0.25) is 0 Å². The average molecular weight is 247 g/mol. The van der Waals surface area contributed by atoms with Gasteiger partial charge in [-0.05, 0) is 19.1 Å². The Hall–Kier alpha value is -1.87. The van der Waals surface area contributed by atoms with Gasteiger partial charge in [-0.25, -0.2) is 9.97 Å². The Balaban J connectivity index is 2.62. The van der Waals surface area contributed by atoms with Gasteiger partial charge in [0.05, 0.1) is 11.3 Å². The first-order valence-electron chi connectivity index (χ1n) is 5.08. The highest BCUT2D eigenvalue weighted by Crippen LogP contribution is 2.28. The van der Waals surface area contributed by atoms with Crippen LogP contribution in [-0.2, 0) is 0 Å². The fraction of sp³-hybridized carbons (Fsp3) is 0.0769. The fourth-order valence-electron chi connectivity index (χ4n) is 1.56. The molecule has 0 spiro atoms. The van der Waals surface area contributed by atoms with Gasteiger partial charge in [0, 0.05) is 5.56 Å². The van der Waals surface area contributed by atoms with Crippen LogP contribution in [-0.4, -0.2) is 15.1 Å². The summed E-state index contributed by atoms with van der Waals surface area (Å²) >= 11 is 6.03. The zero-order chi connectivity index (χ0) is 12.4. The fourth-order valence-corrected chi connectivity index (χ4v) is 1.86. The summed E-state index contributed by atoms with van der Waals surface area (Å²) in [5.74, 6) is 0.547. The van der Waals surface area contributed by atoms with Crippen molar-refractivity contribution in [2.24, 2.45) is 0 Å². The predicted molar refractivity (Wildman–Crippen MR) is 69.0 cm³/mol. The molecule has 0 atom stereocenters. The minimum absolute atomic E-state index is 0.134. The molecule has 86 valence electrons. The summed E-state index contributed by atoms with van der Waals surface area (Å²) in [5.41, 5.74) is 2.01. The van der Waals surface area contributed by atoms with E-state index < -0.39 is 0 Å². The predicted octanol–water partition coefficient (Wildman–Crippen LogP) is 3.45. The largest absolute Gasteiger partial charge is 0.507 e. The highest BCUT2D eigenvalue weighted by atomic mass is 35.5. The van der Waals surface area contributed by atoms with E-state index >= 15 is 0 Å². The van der Waals surface area contributed by atoms with Gasteiger partial charge in [-0.2, -0.15) is 0 Å². The zero-order valence-electron chi connectivity index (χ0n) is 9.31. The van der Waals surface area contributed by atoms with Crippen molar-refractivity contribution in [2.75, 3.05) is 0 Å². The van der Waals surface area contributed by atoms with Crippen LogP contribution in [0.3, 0.4) is 0 Å². The highest BCUT2D eigenvalue weighted by Gasteiger charge is 2.11. The lowest BCUT2D eigenvalue weighted by Gasteiger charge is -2.07. The smallest absolute Gasteiger partial charge is 0.164 e. The number of halogens is 1. The van der Waals surface area contributed by atoms with E-state index in [0.29, 0.717) is 22.1 Å². The van der Waals surface area contributed by atoms with Gasteiger partial charge in [0.1, 0.15) is 10.9 Å². The second-order valence-electron chi connectivity index (χ2n) is 3.56. The van der Waals surface area contributed by atoms with Crippen molar-refractivity contribution in [1.29, 1.82) is 0 Å². The summed E-state index contributed by atoms with van der Waals surface area (Å²) in [4.78, 5) is 8.47. The normalized spacial score (nSPS) is 10.2. The number of para-hydroxylation sites is 1. The Bertz CT molecular complexity index is 558. The Labute approximate surface area is 104 Å². The number of phenolic OH excluding ortho intramolecular Hbond substituents is 1. The van der Waals surface area contributed by atoms with E-state index in [4.69, 9.17) is 11.6 Å². The van der Waals surface area contributed by atoms with Crippen molar-refractivity contribution in [2.45, 2.75) is 6.92 Å². The van der Waals surface area contributed by atoms with Crippen molar-refractivity contribution in [3.8, 4) is 17.1 Å². The van der Waals surface area contributed by atoms with E-state index in [0.717, 1.165) is 5.69 Å². The van der Waals surface area contributed by atoms with E-state index in [2.05, 4.69) is 16.5 Å². The van der Waals surface area contributed by atoms with E-state index in [1.54, 1.807) is 24.3 Å². The Kier molecular flexibility index (Phi) is 3.11. The maximum atomic E-state index is 9.73. The number of aromatic nitrogens is 2. The Morgan fingerprint density at radius 3 is 2.59 bits per heavy atom. The summed E-state index contributed by atoms with van der Waals surface area (Å²) in [6, 6.07) is 6.88. The molecule has 0 saturated carbocycles. The molecule has 0 fully saturated rings. The van der Waals surface area contributed by atoms with Crippen LogP contribution in [0.4, 0.5) is 0 Å². The molecule has 0 radical (unpaired) electrons. The van der Waals surface area contributed by atoms with Crippen LogP contribution in [0.15, 0.2) is 30.8 Å². The zero-order valence-corrected chi connectivity index (χ0v) is 10.1. The topological polar surface area (TPSA) is 46.0 Å². The van der Waals surface area contributed by atoms with Gasteiger partial charge in [-0.1, -0.05) is 36.4 Å². The van der Waals surface area contributed by atoms with E-state index in [-0.39, 0.29) is 5.75 Å². The van der Waals surface area contributed by atoms with Crippen molar-refractivity contribution >= 4 is 17.7 Å². The first-order chi connectivity index (χ1) is 8.13. The first-order valence-corrected chi connectivity index (χ1v) is 5.46. The molecule has 17 heavy (non-hydrogen) atoms. The van der Waals surface area contributed by atoms with Gasteiger partial charge in [0.15, 0.2) is 5.82 Å². The number of aromatic hydroxyl groups is 1. The summed E-state index contributed by atoms with van der Waals surface area (Å²) in [5, 5.41) is 10.1. The molecule has 0 aliphatic heterocycles. The van der Waals surface area contributed by atoms with E-state index in [9.17, 15) is 5.11 Å². The molecule has 2 aromatic rings. The van der Waals surface area contributed by atoms with Crippen LogP contribution in [0.25, 0.3) is 17.5 Å². The molecule has 1 aromatic carbocycles. The number of phenols is 1.